The van der Waals surface area contributed by atoms with Crippen LogP contribution in [0.5, 0.6) is 0 Å². The zero-order chi connectivity index (χ0) is 9.52. The Kier molecular flexibility index (Phi) is 4.37. The molecule has 1 unspecified atom stereocenters. The Morgan fingerprint density at radius 1 is 1.38 bits per heavy atom. The van der Waals surface area contributed by atoms with Crippen LogP contribution in [0, 0.1) is 5.92 Å². The van der Waals surface area contributed by atoms with Gasteiger partial charge in [0.05, 0.1) is 0 Å². The van der Waals surface area contributed by atoms with Crippen LogP contribution >= 0.6 is 0 Å². The number of hydrogen-bond donors (Lipinski definition) is 1. The van der Waals surface area contributed by atoms with Crippen LogP contribution in [0.15, 0.2) is 36.6 Å². The van der Waals surface area contributed by atoms with Gasteiger partial charge in [-0.1, -0.05) is 43.7 Å². The van der Waals surface area contributed by atoms with Gasteiger partial charge in [0.15, 0.2) is 0 Å². The predicted octanol–water partition coefficient (Wildman–Crippen LogP) is 3.02. The summed E-state index contributed by atoms with van der Waals surface area (Å²) in [6.07, 6.45) is 15.4. The van der Waals surface area contributed by atoms with Crippen molar-refractivity contribution < 1.29 is 0 Å². The van der Waals surface area contributed by atoms with Gasteiger partial charge in [-0.25, -0.2) is 0 Å². The summed E-state index contributed by atoms with van der Waals surface area (Å²) in [5.74, 6) is 0.561. The van der Waals surface area contributed by atoms with Crippen LogP contribution in [-0.4, -0.2) is 6.04 Å². The van der Waals surface area contributed by atoms with E-state index in [2.05, 4.69) is 49.5 Å². The van der Waals surface area contributed by atoms with Gasteiger partial charge in [0.2, 0.25) is 0 Å². The molecule has 0 saturated heterocycles. The predicted molar refractivity (Wildman–Crippen MR) is 58.4 cm³/mol. The largest absolute Gasteiger partial charge is 0.388 e. The van der Waals surface area contributed by atoms with Crippen molar-refractivity contribution in [3.05, 3.63) is 36.6 Å². The maximum absolute atomic E-state index is 3.27. The summed E-state index contributed by atoms with van der Waals surface area (Å²) in [4.78, 5) is 0. The van der Waals surface area contributed by atoms with Crippen LogP contribution < -0.4 is 5.32 Å². The minimum atomic E-state index is 0.552. The Morgan fingerprint density at radius 3 is 2.85 bits per heavy atom. The molecule has 1 heterocycles. The Labute approximate surface area is 81.2 Å². The second kappa shape index (κ2) is 5.63. The maximum Gasteiger partial charge on any atom is 0.0325 e. The number of unbranched alkanes of at least 4 members (excludes halogenated alkanes) is 1. The monoisotopic (exact) mass is 177 g/mol. The van der Waals surface area contributed by atoms with Crippen LogP contribution in [0.3, 0.4) is 0 Å². The first kappa shape index (κ1) is 10.1. The molecule has 0 aliphatic carbocycles. The zero-order valence-corrected chi connectivity index (χ0v) is 8.53. The van der Waals surface area contributed by atoms with Crippen molar-refractivity contribution in [2.24, 2.45) is 5.92 Å². The molecule has 72 valence electrons. The molecule has 0 aromatic rings. The van der Waals surface area contributed by atoms with E-state index in [0.29, 0.717) is 12.0 Å². The van der Waals surface area contributed by atoms with Crippen molar-refractivity contribution in [3.8, 4) is 0 Å². The van der Waals surface area contributed by atoms with Crippen molar-refractivity contribution in [1.82, 2.24) is 5.32 Å². The zero-order valence-electron chi connectivity index (χ0n) is 8.53. The smallest absolute Gasteiger partial charge is 0.0325 e. The summed E-state index contributed by atoms with van der Waals surface area (Å²) >= 11 is 0. The van der Waals surface area contributed by atoms with Gasteiger partial charge in [-0.15, -0.1) is 0 Å². The van der Waals surface area contributed by atoms with Gasteiger partial charge < -0.3 is 5.32 Å². The minimum absolute atomic E-state index is 0.552. The first-order chi connectivity index (χ1) is 6.34. The van der Waals surface area contributed by atoms with Crippen molar-refractivity contribution in [2.45, 2.75) is 32.7 Å². The van der Waals surface area contributed by atoms with Gasteiger partial charge >= 0.3 is 0 Å². The van der Waals surface area contributed by atoms with Gasteiger partial charge in [-0.2, -0.15) is 0 Å². The van der Waals surface area contributed by atoms with Crippen molar-refractivity contribution in [2.75, 3.05) is 0 Å². The van der Waals surface area contributed by atoms with Gasteiger partial charge in [0, 0.05) is 12.0 Å². The summed E-state index contributed by atoms with van der Waals surface area (Å²) in [7, 11) is 0. The molecule has 0 amide bonds. The van der Waals surface area contributed by atoms with Crippen LogP contribution in [0.1, 0.15) is 26.7 Å². The Bertz CT molecular complexity index is 213. The molecule has 0 aromatic heterocycles. The van der Waals surface area contributed by atoms with E-state index >= 15 is 0 Å². The summed E-state index contributed by atoms with van der Waals surface area (Å²) < 4.78 is 0. The molecule has 0 radical (unpaired) electrons. The summed E-state index contributed by atoms with van der Waals surface area (Å²) in [5, 5.41) is 3.27. The summed E-state index contributed by atoms with van der Waals surface area (Å²) in [6, 6.07) is 0.552. The van der Waals surface area contributed by atoms with Crippen molar-refractivity contribution in [3.63, 3.8) is 0 Å². The van der Waals surface area contributed by atoms with E-state index in [1.807, 2.05) is 6.20 Å². The van der Waals surface area contributed by atoms with Gasteiger partial charge in [-0.3, -0.25) is 0 Å². The quantitative estimate of drug-likeness (QED) is 0.651. The van der Waals surface area contributed by atoms with E-state index in [1.54, 1.807) is 0 Å². The second-order valence-corrected chi connectivity index (χ2v) is 3.49. The van der Waals surface area contributed by atoms with Crippen LogP contribution in [-0.2, 0) is 0 Å². The number of nitrogens with one attached hydrogen (secondary N) is 1. The Balaban J connectivity index is 2.27. The molecule has 0 spiro atoms. The highest BCUT2D eigenvalue weighted by molar-refractivity contribution is 5.14. The molecular weight excluding hydrogens is 158 g/mol. The van der Waals surface area contributed by atoms with Crippen LogP contribution in [0.4, 0.5) is 0 Å². The lowest BCUT2D eigenvalue weighted by Crippen LogP contribution is -2.20. The topological polar surface area (TPSA) is 12.0 Å². The molecule has 1 aliphatic heterocycles. The lowest BCUT2D eigenvalue weighted by Gasteiger charge is -2.09. The second-order valence-electron chi connectivity index (χ2n) is 3.49. The standard InChI is InChI=1S/C12H19N/c1-3-4-5-6-7-8-12-9-10-13-11(12)2/h5-13H,3-4H2,1-2H3/b6-5-,8-7-/t11?,12-/m0/s1. The van der Waals surface area contributed by atoms with E-state index in [-0.39, 0.29) is 0 Å². The first-order valence-corrected chi connectivity index (χ1v) is 5.10. The van der Waals surface area contributed by atoms with Gasteiger partial charge in [0.1, 0.15) is 0 Å². The fraction of sp³-hybridized carbons (Fsp3) is 0.500. The molecule has 0 fully saturated rings. The number of allylic oxidation sites excluding steroid dienone is 3. The normalized spacial score (nSPS) is 27.5. The fourth-order valence-electron chi connectivity index (χ4n) is 1.36. The third-order valence-electron chi connectivity index (χ3n) is 2.29. The molecule has 0 saturated carbocycles. The maximum atomic E-state index is 3.27. The van der Waals surface area contributed by atoms with Gasteiger partial charge in [0.25, 0.3) is 0 Å². The van der Waals surface area contributed by atoms with E-state index in [9.17, 15) is 0 Å². The number of rotatable bonds is 4. The van der Waals surface area contributed by atoms with Crippen LogP contribution in [0.2, 0.25) is 0 Å². The SMILES string of the molecule is CCC/C=C\C=C/[C@H]1C=CNC1C. The molecule has 0 bridgehead atoms. The molecule has 1 rings (SSSR count). The third kappa shape index (κ3) is 3.49. The molecule has 1 aliphatic rings. The molecule has 0 aromatic carbocycles. The molecule has 13 heavy (non-hydrogen) atoms. The average Bonchev–Trinajstić information content (AvgIpc) is 2.52. The van der Waals surface area contributed by atoms with Crippen molar-refractivity contribution in [1.29, 1.82) is 0 Å². The highest BCUT2D eigenvalue weighted by Gasteiger charge is 2.13. The van der Waals surface area contributed by atoms with E-state index in [1.165, 1.54) is 12.8 Å². The lowest BCUT2D eigenvalue weighted by molar-refractivity contribution is 0.598. The van der Waals surface area contributed by atoms with Crippen molar-refractivity contribution >= 4 is 0 Å². The molecule has 1 heteroatoms. The highest BCUT2D eigenvalue weighted by Crippen LogP contribution is 2.12. The van der Waals surface area contributed by atoms with Crippen LogP contribution in [0.25, 0.3) is 0 Å². The minimum Gasteiger partial charge on any atom is -0.388 e. The molecular formula is C12H19N. The lowest BCUT2D eigenvalue weighted by atomic mass is 10.0. The molecule has 1 N–H and O–H groups in total. The van der Waals surface area contributed by atoms with E-state index < -0.39 is 0 Å². The molecule has 1 nitrogen and oxygen atoms in total. The highest BCUT2D eigenvalue weighted by atomic mass is 14.9. The van der Waals surface area contributed by atoms with Gasteiger partial charge in [-0.05, 0) is 19.5 Å². The first-order valence-electron chi connectivity index (χ1n) is 5.10. The molecule has 2 atom stereocenters. The third-order valence-corrected chi connectivity index (χ3v) is 2.29. The fourth-order valence-corrected chi connectivity index (χ4v) is 1.36. The average molecular weight is 177 g/mol. The Hall–Kier alpha value is -0.980. The summed E-state index contributed by atoms with van der Waals surface area (Å²) in [6.45, 7) is 4.39. The summed E-state index contributed by atoms with van der Waals surface area (Å²) in [5.41, 5.74) is 0. The number of hydrogen-bond acceptors (Lipinski definition) is 1. The van der Waals surface area contributed by atoms with E-state index in [4.69, 9.17) is 0 Å². The van der Waals surface area contributed by atoms with E-state index in [0.717, 1.165) is 0 Å². The Morgan fingerprint density at radius 2 is 2.23 bits per heavy atom.